The number of nitrogens with one attached hydrogen (secondary N) is 3. The lowest BCUT2D eigenvalue weighted by atomic mass is 10.1. The van der Waals surface area contributed by atoms with Crippen LogP contribution < -0.4 is 16.2 Å². The molecule has 0 atom stereocenters. The summed E-state index contributed by atoms with van der Waals surface area (Å²) in [4.78, 5) is 11.9. The Morgan fingerprint density at radius 2 is 1.58 bits per heavy atom. The quantitative estimate of drug-likeness (QED) is 0.582. The molecule has 2 aromatic carbocycles. The normalized spacial score (nSPS) is 10.8. The molecule has 4 nitrogen and oxygen atoms in total. The number of hydrogen-bond donors (Lipinski definition) is 3. The highest BCUT2D eigenvalue weighted by Crippen LogP contribution is 2.29. The predicted octanol–water partition coefficient (Wildman–Crippen LogP) is 3.65. The maximum atomic E-state index is 12.5. The maximum absolute atomic E-state index is 12.5. The van der Waals surface area contributed by atoms with Crippen molar-refractivity contribution < 1.29 is 18.0 Å². The Labute approximate surface area is 142 Å². The van der Waals surface area contributed by atoms with Crippen LogP contribution in [0.1, 0.15) is 21.5 Å². The maximum Gasteiger partial charge on any atom is 0.416 e. The van der Waals surface area contributed by atoms with E-state index in [0.29, 0.717) is 11.3 Å². The second-order valence-electron chi connectivity index (χ2n) is 4.97. The van der Waals surface area contributed by atoms with Gasteiger partial charge in [0.25, 0.3) is 5.91 Å². The molecule has 0 saturated heterocycles. The summed E-state index contributed by atoms with van der Waals surface area (Å²) in [6, 6.07) is 11.3. The fraction of sp³-hybridized carbons (Fsp3) is 0.125. The van der Waals surface area contributed by atoms with Gasteiger partial charge in [0, 0.05) is 5.56 Å². The van der Waals surface area contributed by atoms with E-state index >= 15 is 0 Å². The minimum atomic E-state index is -4.39. The average Bonchev–Trinajstić information content (AvgIpc) is 2.53. The molecule has 0 fully saturated rings. The number of halogens is 3. The highest BCUT2D eigenvalue weighted by atomic mass is 32.1. The third-order valence-electron chi connectivity index (χ3n) is 3.07. The molecule has 0 aliphatic carbocycles. The van der Waals surface area contributed by atoms with Gasteiger partial charge < -0.3 is 0 Å². The lowest BCUT2D eigenvalue weighted by Crippen LogP contribution is -2.41. The number of rotatable bonds is 3. The molecule has 0 saturated carbocycles. The van der Waals surface area contributed by atoms with Crippen molar-refractivity contribution >= 4 is 28.9 Å². The summed E-state index contributed by atoms with van der Waals surface area (Å²) in [6.45, 7) is 1.90. The Hall–Kier alpha value is -2.61. The first-order chi connectivity index (χ1) is 11.3. The SMILES string of the molecule is Cc1ccc(C(=O)NC(=S)NNc2ccc(C(F)(F)F)cc2)cc1. The van der Waals surface area contributed by atoms with Crippen LogP contribution in [0.25, 0.3) is 0 Å². The Balaban J connectivity index is 1.86. The molecule has 0 spiro atoms. The molecule has 0 heterocycles. The van der Waals surface area contributed by atoms with Crippen molar-refractivity contribution in [3.8, 4) is 0 Å². The van der Waals surface area contributed by atoms with Gasteiger partial charge in [-0.2, -0.15) is 13.2 Å². The Morgan fingerprint density at radius 3 is 2.12 bits per heavy atom. The number of carbonyl (C=O) groups excluding carboxylic acids is 1. The van der Waals surface area contributed by atoms with E-state index in [-0.39, 0.29) is 11.0 Å². The van der Waals surface area contributed by atoms with Crippen molar-refractivity contribution in [1.29, 1.82) is 0 Å². The molecule has 2 rings (SSSR count). The van der Waals surface area contributed by atoms with E-state index in [1.807, 2.05) is 6.92 Å². The summed E-state index contributed by atoms with van der Waals surface area (Å²) in [7, 11) is 0. The van der Waals surface area contributed by atoms with Crippen LogP contribution in [0.3, 0.4) is 0 Å². The summed E-state index contributed by atoms with van der Waals surface area (Å²) < 4.78 is 37.4. The summed E-state index contributed by atoms with van der Waals surface area (Å²) in [6.07, 6.45) is -4.39. The van der Waals surface area contributed by atoms with E-state index in [0.717, 1.165) is 17.7 Å². The molecule has 0 aliphatic heterocycles. The van der Waals surface area contributed by atoms with Crippen molar-refractivity contribution in [1.82, 2.24) is 10.7 Å². The third kappa shape index (κ3) is 4.95. The fourth-order valence-electron chi connectivity index (χ4n) is 1.78. The second kappa shape index (κ2) is 7.31. The molecular formula is C16H14F3N3OS. The molecule has 0 unspecified atom stereocenters. The highest BCUT2D eigenvalue weighted by molar-refractivity contribution is 7.80. The van der Waals surface area contributed by atoms with Crippen LogP contribution in [0.4, 0.5) is 18.9 Å². The van der Waals surface area contributed by atoms with Crippen LogP contribution in [0.15, 0.2) is 48.5 Å². The molecule has 0 aromatic heterocycles. The number of hydrogen-bond acceptors (Lipinski definition) is 3. The van der Waals surface area contributed by atoms with Gasteiger partial charge in [-0.25, -0.2) is 0 Å². The van der Waals surface area contributed by atoms with Crippen molar-refractivity contribution in [3.63, 3.8) is 0 Å². The molecule has 0 aliphatic rings. The standard InChI is InChI=1S/C16H14F3N3OS/c1-10-2-4-11(5-3-10)14(23)20-15(24)22-21-13-8-6-12(7-9-13)16(17,18)19/h2-9,21H,1H3,(H2,20,22,23,24). The lowest BCUT2D eigenvalue weighted by molar-refractivity contribution is -0.137. The lowest BCUT2D eigenvalue weighted by Gasteiger charge is -2.13. The number of carbonyl (C=O) groups is 1. The van der Waals surface area contributed by atoms with E-state index in [2.05, 4.69) is 16.2 Å². The first-order valence-corrected chi connectivity index (χ1v) is 7.28. The van der Waals surface area contributed by atoms with Gasteiger partial charge in [0.1, 0.15) is 0 Å². The highest BCUT2D eigenvalue weighted by Gasteiger charge is 2.29. The van der Waals surface area contributed by atoms with Gasteiger partial charge in [-0.15, -0.1) is 0 Å². The van der Waals surface area contributed by atoms with Crippen LogP contribution in [0.5, 0.6) is 0 Å². The smallest absolute Gasteiger partial charge is 0.299 e. The Bertz CT molecular complexity index is 728. The van der Waals surface area contributed by atoms with Crippen LogP contribution in [-0.2, 0) is 6.18 Å². The van der Waals surface area contributed by atoms with E-state index < -0.39 is 11.7 Å². The van der Waals surface area contributed by atoms with Crippen LogP contribution in [-0.4, -0.2) is 11.0 Å². The zero-order valence-electron chi connectivity index (χ0n) is 12.6. The van der Waals surface area contributed by atoms with E-state index in [9.17, 15) is 18.0 Å². The van der Waals surface area contributed by atoms with Crippen molar-refractivity contribution in [2.24, 2.45) is 0 Å². The van der Waals surface area contributed by atoms with Crippen molar-refractivity contribution in [2.75, 3.05) is 5.43 Å². The predicted molar refractivity (Wildman–Crippen MR) is 89.4 cm³/mol. The van der Waals surface area contributed by atoms with Crippen molar-refractivity contribution in [3.05, 3.63) is 65.2 Å². The molecule has 3 N–H and O–H groups in total. The number of anilines is 1. The summed E-state index contributed by atoms with van der Waals surface area (Å²) in [5, 5.41) is 2.46. The second-order valence-corrected chi connectivity index (χ2v) is 5.38. The number of alkyl halides is 3. The van der Waals surface area contributed by atoms with Crippen LogP contribution >= 0.6 is 12.2 Å². The van der Waals surface area contributed by atoms with Gasteiger partial charge in [0.05, 0.1) is 11.3 Å². The van der Waals surface area contributed by atoms with E-state index in [1.54, 1.807) is 24.3 Å². The Morgan fingerprint density at radius 1 is 1.00 bits per heavy atom. The van der Waals surface area contributed by atoms with E-state index in [4.69, 9.17) is 12.2 Å². The number of hydrazine groups is 1. The van der Waals surface area contributed by atoms with Gasteiger partial charge in [0.15, 0.2) is 5.11 Å². The monoisotopic (exact) mass is 353 g/mol. The van der Waals surface area contributed by atoms with Crippen LogP contribution in [0.2, 0.25) is 0 Å². The third-order valence-corrected chi connectivity index (χ3v) is 3.28. The minimum Gasteiger partial charge on any atom is -0.299 e. The first-order valence-electron chi connectivity index (χ1n) is 6.87. The molecule has 24 heavy (non-hydrogen) atoms. The summed E-state index contributed by atoms with van der Waals surface area (Å²) in [5.74, 6) is -0.387. The molecule has 1 amide bonds. The van der Waals surface area contributed by atoms with Gasteiger partial charge in [-0.1, -0.05) is 17.7 Å². The molecule has 126 valence electrons. The zero-order chi connectivity index (χ0) is 17.7. The molecular weight excluding hydrogens is 339 g/mol. The molecule has 0 radical (unpaired) electrons. The molecule has 8 heteroatoms. The molecule has 0 bridgehead atoms. The minimum absolute atomic E-state index is 0.000438. The van der Waals surface area contributed by atoms with E-state index in [1.165, 1.54) is 12.1 Å². The van der Waals surface area contributed by atoms with Crippen LogP contribution in [0, 0.1) is 6.92 Å². The van der Waals surface area contributed by atoms with Gasteiger partial charge in [-0.3, -0.25) is 21.0 Å². The van der Waals surface area contributed by atoms with Gasteiger partial charge in [0.2, 0.25) is 0 Å². The average molecular weight is 353 g/mol. The summed E-state index contributed by atoms with van der Waals surface area (Å²) in [5.41, 5.74) is 6.24. The van der Waals surface area contributed by atoms with Crippen molar-refractivity contribution in [2.45, 2.75) is 13.1 Å². The number of thiocarbonyl (C=S) groups is 1. The fourth-order valence-corrected chi connectivity index (χ4v) is 1.93. The topological polar surface area (TPSA) is 53.2 Å². The number of amides is 1. The molecule has 2 aromatic rings. The summed E-state index contributed by atoms with van der Waals surface area (Å²) >= 11 is 4.95. The number of benzene rings is 2. The largest absolute Gasteiger partial charge is 0.416 e. The number of aryl methyl sites for hydroxylation is 1. The van der Waals surface area contributed by atoms with Gasteiger partial charge in [-0.05, 0) is 55.5 Å². The van der Waals surface area contributed by atoms with Gasteiger partial charge >= 0.3 is 6.18 Å². The zero-order valence-corrected chi connectivity index (χ0v) is 13.4. The first kappa shape index (κ1) is 17.7. The Kier molecular flexibility index (Phi) is 5.40.